The van der Waals surface area contributed by atoms with Gasteiger partial charge in [0.1, 0.15) is 5.82 Å². The standard InChI is InChI=1S/C11H13BrFNO/c1-8(12)6-7-14-11(15)9-2-4-10(13)5-3-9/h2-5,8H,6-7H2,1H3,(H,14,15). The second kappa shape index (κ2) is 5.85. The molecule has 1 aromatic carbocycles. The summed E-state index contributed by atoms with van der Waals surface area (Å²) in [5.41, 5.74) is 0.485. The Labute approximate surface area is 97.0 Å². The molecule has 1 amide bonds. The highest BCUT2D eigenvalue weighted by Gasteiger charge is 2.04. The predicted octanol–water partition coefficient (Wildman–Crippen LogP) is 2.73. The second-order valence-corrected chi connectivity index (χ2v) is 4.90. The molecule has 1 N–H and O–H groups in total. The normalized spacial score (nSPS) is 12.2. The molecule has 0 heterocycles. The van der Waals surface area contributed by atoms with Crippen LogP contribution in [0.5, 0.6) is 0 Å². The third-order valence-electron chi connectivity index (χ3n) is 1.93. The monoisotopic (exact) mass is 273 g/mol. The minimum absolute atomic E-state index is 0.164. The fourth-order valence-electron chi connectivity index (χ4n) is 1.09. The van der Waals surface area contributed by atoms with Crippen LogP contribution in [0.25, 0.3) is 0 Å². The van der Waals surface area contributed by atoms with E-state index in [9.17, 15) is 9.18 Å². The van der Waals surface area contributed by atoms with Crippen LogP contribution in [0.2, 0.25) is 0 Å². The van der Waals surface area contributed by atoms with Gasteiger partial charge in [-0.05, 0) is 30.7 Å². The summed E-state index contributed by atoms with van der Waals surface area (Å²) in [5.74, 6) is -0.496. The van der Waals surface area contributed by atoms with Crippen molar-refractivity contribution in [3.05, 3.63) is 35.6 Å². The molecule has 0 fully saturated rings. The van der Waals surface area contributed by atoms with Gasteiger partial charge < -0.3 is 5.32 Å². The van der Waals surface area contributed by atoms with Crippen LogP contribution in [0.4, 0.5) is 4.39 Å². The Morgan fingerprint density at radius 2 is 2.07 bits per heavy atom. The van der Waals surface area contributed by atoms with Crippen LogP contribution in [0, 0.1) is 5.82 Å². The molecular weight excluding hydrogens is 261 g/mol. The van der Waals surface area contributed by atoms with E-state index in [1.807, 2.05) is 6.92 Å². The van der Waals surface area contributed by atoms with E-state index in [-0.39, 0.29) is 11.7 Å². The summed E-state index contributed by atoms with van der Waals surface area (Å²) < 4.78 is 12.6. The summed E-state index contributed by atoms with van der Waals surface area (Å²) in [4.78, 5) is 11.9. The van der Waals surface area contributed by atoms with E-state index in [2.05, 4.69) is 21.2 Å². The summed E-state index contributed by atoms with van der Waals surface area (Å²) in [7, 11) is 0. The molecule has 2 nitrogen and oxygen atoms in total. The molecule has 4 heteroatoms. The molecule has 0 saturated carbocycles. The van der Waals surface area contributed by atoms with Gasteiger partial charge in [-0.15, -0.1) is 0 Å². The van der Waals surface area contributed by atoms with Gasteiger partial charge in [0.15, 0.2) is 0 Å². The van der Waals surface area contributed by atoms with Crippen LogP contribution in [-0.4, -0.2) is 17.3 Å². The van der Waals surface area contributed by atoms with E-state index in [1.54, 1.807) is 0 Å². The highest BCUT2D eigenvalue weighted by Crippen LogP contribution is 2.04. The lowest BCUT2D eigenvalue weighted by Gasteiger charge is -2.06. The van der Waals surface area contributed by atoms with E-state index >= 15 is 0 Å². The Hall–Kier alpha value is -0.900. The lowest BCUT2D eigenvalue weighted by atomic mass is 10.2. The van der Waals surface area contributed by atoms with Gasteiger partial charge in [-0.2, -0.15) is 0 Å². The van der Waals surface area contributed by atoms with Crippen LogP contribution in [0.1, 0.15) is 23.7 Å². The summed E-state index contributed by atoms with van der Waals surface area (Å²) in [6.45, 7) is 2.63. The zero-order valence-electron chi connectivity index (χ0n) is 8.47. The summed E-state index contributed by atoms with van der Waals surface area (Å²) in [6, 6.07) is 5.51. The molecule has 15 heavy (non-hydrogen) atoms. The van der Waals surface area contributed by atoms with E-state index in [4.69, 9.17) is 0 Å². The first-order valence-corrected chi connectivity index (χ1v) is 5.69. The number of rotatable bonds is 4. The lowest BCUT2D eigenvalue weighted by molar-refractivity contribution is 0.0953. The van der Waals surface area contributed by atoms with Crippen molar-refractivity contribution in [3.8, 4) is 0 Å². The van der Waals surface area contributed by atoms with Crippen molar-refractivity contribution in [2.45, 2.75) is 18.2 Å². The zero-order valence-corrected chi connectivity index (χ0v) is 10.1. The van der Waals surface area contributed by atoms with Crippen molar-refractivity contribution in [3.63, 3.8) is 0 Å². The topological polar surface area (TPSA) is 29.1 Å². The number of alkyl halides is 1. The average molecular weight is 274 g/mol. The van der Waals surface area contributed by atoms with Gasteiger partial charge in [-0.25, -0.2) is 4.39 Å². The molecule has 0 aliphatic rings. The van der Waals surface area contributed by atoms with Crippen molar-refractivity contribution >= 4 is 21.8 Å². The smallest absolute Gasteiger partial charge is 0.251 e. The Morgan fingerprint density at radius 1 is 1.47 bits per heavy atom. The highest BCUT2D eigenvalue weighted by molar-refractivity contribution is 9.09. The highest BCUT2D eigenvalue weighted by atomic mass is 79.9. The van der Waals surface area contributed by atoms with Crippen LogP contribution in [0.15, 0.2) is 24.3 Å². The van der Waals surface area contributed by atoms with Crippen molar-refractivity contribution in [2.75, 3.05) is 6.54 Å². The van der Waals surface area contributed by atoms with Crippen LogP contribution in [0.3, 0.4) is 0 Å². The number of amides is 1. The fourth-order valence-corrected chi connectivity index (χ4v) is 1.32. The van der Waals surface area contributed by atoms with Crippen molar-refractivity contribution in [1.82, 2.24) is 5.32 Å². The first kappa shape index (κ1) is 12.2. The van der Waals surface area contributed by atoms with Gasteiger partial charge in [-0.3, -0.25) is 4.79 Å². The van der Waals surface area contributed by atoms with Gasteiger partial charge in [0.2, 0.25) is 0 Å². The largest absolute Gasteiger partial charge is 0.352 e. The van der Waals surface area contributed by atoms with Gasteiger partial charge in [0.25, 0.3) is 5.91 Å². The van der Waals surface area contributed by atoms with Gasteiger partial charge in [0, 0.05) is 16.9 Å². The Kier molecular flexibility index (Phi) is 4.75. The SMILES string of the molecule is CC(Br)CCNC(=O)c1ccc(F)cc1. The van der Waals surface area contributed by atoms with Gasteiger partial charge in [-0.1, -0.05) is 22.9 Å². The molecule has 0 bridgehead atoms. The Morgan fingerprint density at radius 3 is 2.60 bits per heavy atom. The molecule has 1 rings (SSSR count). The maximum absolute atomic E-state index is 12.6. The molecule has 0 radical (unpaired) electrons. The van der Waals surface area contributed by atoms with E-state index in [0.717, 1.165) is 6.42 Å². The summed E-state index contributed by atoms with van der Waals surface area (Å²) in [6.07, 6.45) is 0.868. The van der Waals surface area contributed by atoms with Crippen molar-refractivity contribution in [2.24, 2.45) is 0 Å². The van der Waals surface area contributed by atoms with Crippen molar-refractivity contribution < 1.29 is 9.18 Å². The molecule has 0 aliphatic carbocycles. The summed E-state index contributed by atoms with van der Waals surface area (Å²) in [5, 5.41) is 2.76. The molecule has 1 atom stereocenters. The first-order valence-electron chi connectivity index (χ1n) is 4.77. The van der Waals surface area contributed by atoms with Crippen LogP contribution < -0.4 is 5.32 Å². The number of carbonyl (C=O) groups is 1. The number of hydrogen-bond donors (Lipinski definition) is 1. The third kappa shape index (κ3) is 4.42. The minimum atomic E-state index is -0.333. The fraction of sp³-hybridized carbons (Fsp3) is 0.364. The Bertz CT molecular complexity index is 324. The molecule has 0 saturated heterocycles. The number of benzene rings is 1. The number of hydrogen-bond acceptors (Lipinski definition) is 1. The van der Waals surface area contributed by atoms with E-state index in [0.29, 0.717) is 16.9 Å². The van der Waals surface area contributed by atoms with Crippen LogP contribution >= 0.6 is 15.9 Å². The molecule has 0 spiro atoms. The number of nitrogens with one attached hydrogen (secondary N) is 1. The lowest BCUT2D eigenvalue weighted by Crippen LogP contribution is -2.25. The predicted molar refractivity (Wildman–Crippen MR) is 61.7 cm³/mol. The number of carbonyl (C=O) groups excluding carboxylic acids is 1. The van der Waals surface area contributed by atoms with Crippen molar-refractivity contribution in [1.29, 1.82) is 0 Å². The maximum Gasteiger partial charge on any atom is 0.251 e. The second-order valence-electron chi connectivity index (χ2n) is 3.33. The average Bonchev–Trinajstić information content (AvgIpc) is 2.18. The first-order chi connectivity index (χ1) is 7.09. The van der Waals surface area contributed by atoms with E-state index < -0.39 is 0 Å². The van der Waals surface area contributed by atoms with Gasteiger partial charge >= 0.3 is 0 Å². The maximum atomic E-state index is 12.6. The molecule has 0 aromatic heterocycles. The molecular formula is C11H13BrFNO. The summed E-state index contributed by atoms with van der Waals surface area (Å²) >= 11 is 3.39. The molecule has 82 valence electrons. The third-order valence-corrected chi connectivity index (χ3v) is 2.39. The minimum Gasteiger partial charge on any atom is -0.352 e. The van der Waals surface area contributed by atoms with E-state index in [1.165, 1.54) is 24.3 Å². The van der Waals surface area contributed by atoms with Gasteiger partial charge in [0.05, 0.1) is 0 Å². The quantitative estimate of drug-likeness (QED) is 0.840. The van der Waals surface area contributed by atoms with Crippen LogP contribution in [-0.2, 0) is 0 Å². The molecule has 1 unspecified atom stereocenters. The zero-order chi connectivity index (χ0) is 11.3. The molecule has 0 aliphatic heterocycles. The molecule has 1 aromatic rings. The Balaban J connectivity index is 2.43. The number of halogens is 2.